The summed E-state index contributed by atoms with van der Waals surface area (Å²) < 4.78 is 85.8. The monoisotopic (exact) mass is 1410 g/mol. The van der Waals surface area contributed by atoms with Crippen molar-refractivity contribution in [3.63, 3.8) is 0 Å². The molecule has 20 nitrogen and oxygen atoms in total. The van der Waals surface area contributed by atoms with Crippen LogP contribution in [0.2, 0.25) is 15.1 Å². The number of halogens is 8. The fourth-order valence-corrected chi connectivity index (χ4v) is 12.9. The molecule has 10 heterocycles. The lowest BCUT2D eigenvalue weighted by atomic mass is 10.3. The summed E-state index contributed by atoms with van der Waals surface area (Å²) in [4.78, 5) is 71.2. The average Bonchev–Trinajstić information content (AvgIpc) is 1.62. The highest BCUT2D eigenvalue weighted by Crippen LogP contribution is 2.29. The first kappa shape index (κ1) is 67.8. The standard InChI is InChI=1S/C25H23ClFN5O2.C24H20ClF2N5O.C23H19ClF2N6O/c1-34-19-7-5-18(6-8-19)32-22-10-12-28-15-23(22)31(25(32)33)16-24-29-20-14-17(26)4-9-21(20)30(24)13-3-2-11-27;25-16-3-8-20-19(13-16)29-23(30(20)12-2-1-10-26)15-31-22-14-28-11-9-21(22)32(24(31)33)18-6-4-17(27)5-7-18;24-15-3-5-18-17(11-15)29-22(30(18)10-2-1-8-25)14-31-20-13-27-9-7-19(20)32(23(31)33)16-4-6-21(26)28-12-16/h4-10,12,14-15H,2-3,11,13,16H2,1H3;3-9,11,13-14H,1-2,10,12,15H2;3-7,9,11-13H,1-2,8,10,14H2. The molecule has 5 aromatic carbocycles. The molecule has 0 atom stereocenters. The van der Waals surface area contributed by atoms with Crippen LogP contribution in [0.5, 0.6) is 5.75 Å². The Hall–Kier alpha value is -10.8. The fourth-order valence-electron chi connectivity index (χ4n) is 12.4. The van der Waals surface area contributed by atoms with Crippen molar-refractivity contribution in [2.75, 3.05) is 27.1 Å². The number of benzene rings is 5. The van der Waals surface area contributed by atoms with Gasteiger partial charge in [-0.15, -0.1) is 0 Å². The van der Waals surface area contributed by atoms with Gasteiger partial charge in [0.15, 0.2) is 0 Å². The van der Waals surface area contributed by atoms with E-state index in [-0.39, 0.29) is 55.9 Å². The van der Waals surface area contributed by atoms with Gasteiger partial charge in [0.1, 0.15) is 29.0 Å². The molecular weight excluding hydrogens is 1350 g/mol. The summed E-state index contributed by atoms with van der Waals surface area (Å²) in [5.74, 6) is 1.72. The molecule has 15 aromatic rings. The second-order valence-corrected chi connectivity index (χ2v) is 24.7. The van der Waals surface area contributed by atoms with Gasteiger partial charge in [0, 0.05) is 53.3 Å². The highest BCUT2D eigenvalue weighted by molar-refractivity contribution is 6.32. The smallest absolute Gasteiger partial charge is 0.334 e. The molecule has 0 N–H and O–H groups in total. The predicted molar refractivity (Wildman–Crippen MR) is 377 cm³/mol. The van der Waals surface area contributed by atoms with Crippen LogP contribution >= 0.6 is 34.8 Å². The van der Waals surface area contributed by atoms with Crippen molar-refractivity contribution in [1.29, 1.82) is 0 Å². The number of alkyl halides is 3. The van der Waals surface area contributed by atoms with Crippen LogP contribution in [0.15, 0.2) is 191 Å². The predicted octanol–water partition coefficient (Wildman–Crippen LogP) is 14.6. The summed E-state index contributed by atoms with van der Waals surface area (Å²) in [6.45, 7) is 1.19. The molecule has 15 rings (SSSR count). The zero-order valence-corrected chi connectivity index (χ0v) is 55.9. The van der Waals surface area contributed by atoms with Crippen molar-refractivity contribution in [2.45, 2.75) is 77.8 Å². The van der Waals surface area contributed by atoms with E-state index >= 15 is 0 Å². The molecule has 100 heavy (non-hydrogen) atoms. The molecule has 0 fully saturated rings. The van der Waals surface area contributed by atoms with Crippen LogP contribution in [0.1, 0.15) is 56.0 Å². The Morgan fingerprint density at radius 2 is 0.730 bits per heavy atom. The molecule has 0 unspecified atom stereocenters. The summed E-state index contributed by atoms with van der Waals surface area (Å²) in [5, 5.41) is 1.71. The van der Waals surface area contributed by atoms with Gasteiger partial charge in [-0.1, -0.05) is 34.8 Å². The molecule has 0 saturated carbocycles. The average molecular weight is 1420 g/mol. The zero-order chi connectivity index (χ0) is 69.6. The van der Waals surface area contributed by atoms with E-state index in [0.717, 1.165) is 33.3 Å². The summed E-state index contributed by atoms with van der Waals surface area (Å²) in [5.41, 5.74) is 9.67. The van der Waals surface area contributed by atoms with Gasteiger partial charge in [-0.25, -0.2) is 38.7 Å². The van der Waals surface area contributed by atoms with E-state index in [4.69, 9.17) is 54.5 Å². The molecule has 510 valence electrons. The highest BCUT2D eigenvalue weighted by atomic mass is 35.5. The SMILES string of the molecule is COc1ccc(-n2c(=O)n(Cc3nc4cc(Cl)ccc4n3CCCCF)c3cnccc32)cc1.O=c1n(Cc2nc3cc(Cl)ccc3n2CCCCF)c2cnccc2n1-c1ccc(F)cc1.O=c1n(Cc2nc3cc(Cl)ccc3n2CCCCF)c2cnccc2n1-c1ccc(F)nc1. The maximum Gasteiger partial charge on any atom is 0.334 e. The van der Waals surface area contributed by atoms with Gasteiger partial charge in [-0.3, -0.25) is 55.5 Å². The number of aryl methyl sites for hydroxylation is 3. The third-order valence-electron chi connectivity index (χ3n) is 17.1. The number of fused-ring (bicyclic) bond motifs is 6. The van der Waals surface area contributed by atoms with E-state index < -0.39 is 12.6 Å². The van der Waals surface area contributed by atoms with E-state index in [9.17, 15) is 36.3 Å². The van der Waals surface area contributed by atoms with Crippen LogP contribution in [0.4, 0.5) is 22.0 Å². The van der Waals surface area contributed by atoms with Crippen LogP contribution in [-0.2, 0) is 39.3 Å². The van der Waals surface area contributed by atoms with Crippen LogP contribution < -0.4 is 21.8 Å². The number of ether oxygens (including phenoxy) is 1. The lowest BCUT2D eigenvalue weighted by Gasteiger charge is -2.09. The number of imidazole rings is 6. The van der Waals surface area contributed by atoms with E-state index in [1.807, 2.05) is 68.3 Å². The third kappa shape index (κ3) is 13.9. The largest absolute Gasteiger partial charge is 0.497 e. The Labute approximate surface area is 581 Å². The number of pyridine rings is 4. The second-order valence-electron chi connectivity index (χ2n) is 23.3. The number of rotatable bonds is 22. The van der Waals surface area contributed by atoms with E-state index in [1.54, 1.807) is 117 Å². The van der Waals surface area contributed by atoms with Gasteiger partial charge in [0.05, 0.1) is 155 Å². The van der Waals surface area contributed by atoms with E-state index in [2.05, 4.69) is 19.9 Å². The number of methoxy groups -OCH3 is 1. The minimum Gasteiger partial charge on any atom is -0.497 e. The topological polar surface area (TPSA) is 195 Å². The molecule has 0 aliphatic carbocycles. The summed E-state index contributed by atoms with van der Waals surface area (Å²) in [6, 6.07) is 37.5. The molecule has 10 aromatic heterocycles. The van der Waals surface area contributed by atoms with Gasteiger partial charge in [0.2, 0.25) is 5.95 Å². The lowest BCUT2D eigenvalue weighted by molar-refractivity contribution is 0.414. The fraction of sp³-hybridized carbons (Fsp3) is 0.222. The van der Waals surface area contributed by atoms with Crippen molar-refractivity contribution in [3.05, 3.63) is 253 Å². The van der Waals surface area contributed by atoms with Gasteiger partial charge in [0.25, 0.3) is 0 Å². The first-order valence-corrected chi connectivity index (χ1v) is 33.2. The van der Waals surface area contributed by atoms with Crippen molar-refractivity contribution in [1.82, 2.24) is 76.0 Å². The molecule has 0 radical (unpaired) electrons. The van der Waals surface area contributed by atoms with Crippen molar-refractivity contribution >= 4 is 101 Å². The summed E-state index contributed by atoms with van der Waals surface area (Å²) in [6.07, 6.45) is 14.4. The Morgan fingerprint density at radius 1 is 0.380 bits per heavy atom. The normalized spacial score (nSPS) is 11.6. The number of aromatic nitrogens is 16. The highest BCUT2D eigenvalue weighted by Gasteiger charge is 2.23. The maximum absolute atomic E-state index is 13.6. The van der Waals surface area contributed by atoms with Crippen LogP contribution in [0, 0.1) is 11.8 Å². The first-order valence-electron chi connectivity index (χ1n) is 32.0. The molecule has 0 spiro atoms. The van der Waals surface area contributed by atoms with Gasteiger partial charge < -0.3 is 18.4 Å². The first-order chi connectivity index (χ1) is 48.7. The van der Waals surface area contributed by atoms with E-state index in [1.165, 1.54) is 39.6 Å². The molecule has 0 saturated heterocycles. The molecule has 0 bridgehead atoms. The Balaban J connectivity index is 0.000000134. The van der Waals surface area contributed by atoms with Gasteiger partial charge in [-0.05, 0) is 172 Å². The van der Waals surface area contributed by atoms with Crippen molar-refractivity contribution < 1.29 is 26.7 Å². The van der Waals surface area contributed by atoms with Crippen molar-refractivity contribution in [2.24, 2.45) is 0 Å². The van der Waals surface area contributed by atoms with Crippen LogP contribution in [0.3, 0.4) is 0 Å². The Bertz CT molecular complexity index is 5400. The van der Waals surface area contributed by atoms with Gasteiger partial charge >= 0.3 is 17.1 Å². The number of unbranched alkanes of at least 4 members (excludes halogenated alkanes) is 3. The molecular formula is C72H62Cl3F5N16O4. The van der Waals surface area contributed by atoms with Crippen LogP contribution in [-0.4, -0.2) is 103 Å². The molecule has 0 aliphatic heterocycles. The molecule has 0 aliphatic rings. The Morgan fingerprint density at radius 3 is 1.07 bits per heavy atom. The number of hydrogen-bond donors (Lipinski definition) is 0. The zero-order valence-electron chi connectivity index (χ0n) is 53.7. The van der Waals surface area contributed by atoms with Gasteiger partial charge in [-0.2, -0.15) is 4.39 Å². The Kier molecular flexibility index (Phi) is 20.4. The minimum absolute atomic E-state index is 0.171. The van der Waals surface area contributed by atoms with Crippen LogP contribution in [0.25, 0.3) is 83.3 Å². The minimum atomic E-state index is -0.627. The second kappa shape index (κ2) is 30.2. The molecule has 0 amide bonds. The molecule has 28 heteroatoms. The maximum atomic E-state index is 13.6. The van der Waals surface area contributed by atoms with E-state index in [0.29, 0.717) is 146 Å². The number of hydrogen-bond acceptors (Lipinski definition) is 11. The number of nitrogens with zero attached hydrogens (tertiary/aromatic N) is 16. The lowest BCUT2D eigenvalue weighted by Crippen LogP contribution is -2.25. The third-order valence-corrected chi connectivity index (χ3v) is 17.8. The summed E-state index contributed by atoms with van der Waals surface area (Å²) >= 11 is 18.5. The quantitative estimate of drug-likeness (QED) is 0.0356. The summed E-state index contributed by atoms with van der Waals surface area (Å²) in [7, 11) is 1.60. The van der Waals surface area contributed by atoms with Crippen molar-refractivity contribution in [3.8, 4) is 22.8 Å².